The van der Waals surface area contributed by atoms with Gasteiger partial charge in [0.25, 0.3) is 5.95 Å². The van der Waals surface area contributed by atoms with E-state index in [0.29, 0.717) is 6.61 Å². The Bertz CT molecular complexity index is 235. The minimum atomic E-state index is -1.08. The second-order valence-electron chi connectivity index (χ2n) is 2.84. The number of ether oxygens (including phenoxy) is 3. The highest BCUT2D eigenvalue weighted by Crippen LogP contribution is 2.08. The second kappa shape index (κ2) is 8.99. The highest BCUT2D eigenvalue weighted by molar-refractivity contribution is 5.86. The van der Waals surface area contributed by atoms with Crippen LogP contribution in [0.2, 0.25) is 0 Å². The largest absolute Gasteiger partial charge is 0.478 e. The van der Waals surface area contributed by atoms with Crippen LogP contribution in [-0.4, -0.2) is 49.2 Å². The summed E-state index contributed by atoms with van der Waals surface area (Å²) in [5.41, 5.74) is 0.0176. The van der Waals surface area contributed by atoms with Crippen LogP contribution in [0.4, 0.5) is 0 Å². The molecule has 6 nitrogen and oxygen atoms in total. The molecule has 0 radical (unpaired) electrons. The van der Waals surface area contributed by atoms with E-state index in [2.05, 4.69) is 0 Å². The van der Waals surface area contributed by atoms with E-state index < -0.39 is 5.97 Å². The number of aliphatic carboxylic acids is 1. The SMILES string of the molecule is CCOC(OCCOCCO)=C(C)C(=O)O. The molecule has 0 rings (SSSR count). The Kier molecular flexibility index (Phi) is 8.28. The van der Waals surface area contributed by atoms with E-state index in [1.165, 1.54) is 6.92 Å². The highest BCUT2D eigenvalue weighted by atomic mass is 16.7. The highest BCUT2D eigenvalue weighted by Gasteiger charge is 2.11. The van der Waals surface area contributed by atoms with Crippen LogP contribution in [0.3, 0.4) is 0 Å². The maximum absolute atomic E-state index is 10.7. The Labute approximate surface area is 94.4 Å². The van der Waals surface area contributed by atoms with Crippen molar-refractivity contribution in [1.82, 2.24) is 0 Å². The fourth-order valence-corrected chi connectivity index (χ4v) is 0.836. The lowest BCUT2D eigenvalue weighted by atomic mass is 10.3. The fourth-order valence-electron chi connectivity index (χ4n) is 0.836. The Morgan fingerprint density at radius 3 is 2.38 bits per heavy atom. The molecule has 94 valence electrons. The Hall–Kier alpha value is -1.27. The predicted octanol–water partition coefficient (Wildman–Crippen LogP) is 0.365. The number of carboxylic acids is 1. The predicted molar refractivity (Wildman–Crippen MR) is 55.8 cm³/mol. The summed E-state index contributed by atoms with van der Waals surface area (Å²) >= 11 is 0. The van der Waals surface area contributed by atoms with Gasteiger partial charge in [-0.1, -0.05) is 0 Å². The van der Waals surface area contributed by atoms with Crippen LogP contribution in [0, 0.1) is 0 Å². The van der Waals surface area contributed by atoms with Gasteiger partial charge in [-0.05, 0) is 13.8 Å². The number of hydrogen-bond acceptors (Lipinski definition) is 5. The maximum Gasteiger partial charge on any atom is 0.338 e. The summed E-state index contributed by atoms with van der Waals surface area (Å²) in [6, 6.07) is 0. The first-order chi connectivity index (χ1) is 7.63. The smallest absolute Gasteiger partial charge is 0.338 e. The van der Waals surface area contributed by atoms with Gasteiger partial charge < -0.3 is 24.4 Å². The fraction of sp³-hybridized carbons (Fsp3) is 0.700. The zero-order valence-corrected chi connectivity index (χ0v) is 9.56. The first-order valence-electron chi connectivity index (χ1n) is 5.01. The van der Waals surface area contributed by atoms with Crippen LogP contribution in [0.25, 0.3) is 0 Å². The van der Waals surface area contributed by atoms with Gasteiger partial charge in [0, 0.05) is 0 Å². The lowest BCUT2D eigenvalue weighted by Crippen LogP contribution is -2.12. The molecule has 0 aromatic rings. The van der Waals surface area contributed by atoms with Crippen molar-refractivity contribution in [2.45, 2.75) is 13.8 Å². The standard InChI is InChI=1S/C10H18O6/c1-3-15-10(8(2)9(12)13)16-7-6-14-5-4-11/h11H,3-7H2,1-2H3,(H,12,13). The quantitative estimate of drug-likeness (QED) is 0.340. The molecular weight excluding hydrogens is 216 g/mol. The molecule has 16 heavy (non-hydrogen) atoms. The number of carboxylic acid groups (broad SMARTS) is 1. The Morgan fingerprint density at radius 1 is 1.19 bits per heavy atom. The van der Waals surface area contributed by atoms with Gasteiger partial charge in [0.1, 0.15) is 12.2 Å². The van der Waals surface area contributed by atoms with Crippen LogP contribution in [0.1, 0.15) is 13.8 Å². The van der Waals surface area contributed by atoms with Gasteiger partial charge in [-0.25, -0.2) is 4.79 Å². The summed E-state index contributed by atoms with van der Waals surface area (Å²) in [6.07, 6.45) is 0. The Morgan fingerprint density at radius 2 is 1.88 bits per heavy atom. The summed E-state index contributed by atoms with van der Waals surface area (Å²) in [6.45, 7) is 4.10. The molecule has 0 heterocycles. The van der Waals surface area contributed by atoms with Gasteiger partial charge in [0.2, 0.25) is 0 Å². The van der Waals surface area contributed by atoms with E-state index in [1.807, 2.05) is 0 Å². The minimum absolute atomic E-state index is 0.00241. The minimum Gasteiger partial charge on any atom is -0.478 e. The molecule has 0 amide bonds. The molecule has 0 aromatic carbocycles. The van der Waals surface area contributed by atoms with E-state index in [1.54, 1.807) is 6.92 Å². The molecule has 0 atom stereocenters. The third-order valence-electron chi connectivity index (χ3n) is 1.60. The lowest BCUT2D eigenvalue weighted by molar-refractivity contribution is -0.133. The van der Waals surface area contributed by atoms with Crippen LogP contribution in [-0.2, 0) is 19.0 Å². The van der Waals surface area contributed by atoms with Crippen molar-refractivity contribution >= 4 is 5.97 Å². The molecule has 0 aliphatic rings. The maximum atomic E-state index is 10.7. The molecule has 0 bridgehead atoms. The summed E-state index contributed by atoms with van der Waals surface area (Å²) in [5, 5.41) is 17.2. The van der Waals surface area contributed by atoms with Crippen LogP contribution in [0.15, 0.2) is 11.5 Å². The molecule has 0 aromatic heterocycles. The van der Waals surface area contributed by atoms with Crippen LogP contribution >= 0.6 is 0 Å². The Balaban J connectivity index is 4.04. The van der Waals surface area contributed by atoms with E-state index in [9.17, 15) is 4.79 Å². The number of aliphatic hydroxyl groups is 1. The van der Waals surface area contributed by atoms with Gasteiger partial charge in [-0.2, -0.15) is 0 Å². The van der Waals surface area contributed by atoms with Crippen molar-refractivity contribution in [3.05, 3.63) is 11.5 Å². The molecule has 0 spiro atoms. The van der Waals surface area contributed by atoms with Crippen LogP contribution < -0.4 is 0 Å². The number of carbonyl (C=O) groups is 1. The molecule has 2 N–H and O–H groups in total. The third-order valence-corrected chi connectivity index (χ3v) is 1.60. The summed E-state index contributed by atoms with van der Waals surface area (Å²) < 4.78 is 15.1. The van der Waals surface area contributed by atoms with Gasteiger partial charge in [0.15, 0.2) is 0 Å². The van der Waals surface area contributed by atoms with Gasteiger partial charge in [-0.15, -0.1) is 0 Å². The van der Waals surface area contributed by atoms with Gasteiger partial charge in [0.05, 0.1) is 26.4 Å². The van der Waals surface area contributed by atoms with E-state index >= 15 is 0 Å². The summed E-state index contributed by atoms with van der Waals surface area (Å²) in [5.74, 6) is -1.08. The zero-order chi connectivity index (χ0) is 12.4. The second-order valence-corrected chi connectivity index (χ2v) is 2.84. The van der Waals surface area contributed by atoms with Crippen molar-refractivity contribution in [2.75, 3.05) is 33.0 Å². The molecule has 0 fully saturated rings. The monoisotopic (exact) mass is 234 g/mol. The summed E-state index contributed by atoms with van der Waals surface area (Å²) in [7, 11) is 0. The van der Waals surface area contributed by atoms with E-state index in [4.69, 9.17) is 24.4 Å². The summed E-state index contributed by atoms with van der Waals surface area (Å²) in [4.78, 5) is 10.7. The van der Waals surface area contributed by atoms with Crippen molar-refractivity contribution in [3.63, 3.8) is 0 Å². The number of aliphatic hydroxyl groups excluding tert-OH is 1. The first kappa shape index (κ1) is 14.7. The first-order valence-corrected chi connectivity index (χ1v) is 5.01. The lowest BCUT2D eigenvalue weighted by Gasteiger charge is -2.12. The average Bonchev–Trinajstić information content (AvgIpc) is 2.26. The molecule has 0 saturated heterocycles. The topological polar surface area (TPSA) is 85.2 Å². The third kappa shape index (κ3) is 6.26. The van der Waals surface area contributed by atoms with Crippen molar-refractivity contribution in [2.24, 2.45) is 0 Å². The van der Waals surface area contributed by atoms with Crippen molar-refractivity contribution in [1.29, 1.82) is 0 Å². The number of hydrogen-bond donors (Lipinski definition) is 2. The van der Waals surface area contributed by atoms with E-state index in [-0.39, 0.29) is 37.9 Å². The molecule has 0 aliphatic carbocycles. The number of rotatable bonds is 9. The van der Waals surface area contributed by atoms with Crippen molar-refractivity contribution in [3.8, 4) is 0 Å². The zero-order valence-electron chi connectivity index (χ0n) is 9.56. The van der Waals surface area contributed by atoms with Gasteiger partial charge >= 0.3 is 5.97 Å². The molecule has 0 unspecified atom stereocenters. The molecule has 0 aliphatic heterocycles. The molecular formula is C10H18O6. The van der Waals surface area contributed by atoms with Crippen molar-refractivity contribution < 1.29 is 29.2 Å². The molecule has 6 heteroatoms. The normalized spacial score (nSPS) is 11.9. The van der Waals surface area contributed by atoms with Gasteiger partial charge in [-0.3, -0.25) is 0 Å². The molecule has 0 saturated carbocycles. The van der Waals surface area contributed by atoms with E-state index in [0.717, 1.165) is 0 Å². The van der Waals surface area contributed by atoms with Crippen LogP contribution in [0.5, 0.6) is 0 Å². The average molecular weight is 234 g/mol.